The Morgan fingerprint density at radius 3 is 2.39 bits per heavy atom. The predicted molar refractivity (Wildman–Crippen MR) is 77.8 cm³/mol. The minimum Gasteiger partial charge on any atom is -0.354 e. The standard InChI is InChI=1S/C13H28N2O2S/c1-10(2)7-12(9-14)8-13(16)15-11(3)5-6-18(4)17/h10-12H,5-9,14H2,1-4H3,(H,15,16). The lowest BCUT2D eigenvalue weighted by Crippen LogP contribution is -2.35. The number of hydrogen-bond acceptors (Lipinski definition) is 3. The van der Waals surface area contributed by atoms with Crippen molar-refractivity contribution in [2.75, 3.05) is 18.6 Å². The van der Waals surface area contributed by atoms with Crippen molar-refractivity contribution >= 4 is 16.7 Å². The maximum Gasteiger partial charge on any atom is 0.220 e. The Morgan fingerprint density at radius 1 is 1.33 bits per heavy atom. The third-order valence-corrected chi connectivity index (χ3v) is 3.67. The normalized spacial score (nSPS) is 16.3. The molecule has 1 amide bonds. The number of rotatable bonds is 9. The molecular formula is C13H28N2O2S. The van der Waals surface area contributed by atoms with Crippen LogP contribution in [-0.4, -0.2) is 34.7 Å². The summed E-state index contributed by atoms with van der Waals surface area (Å²) >= 11 is 0. The first-order chi connectivity index (χ1) is 8.35. The number of carbonyl (C=O) groups excluding carboxylic acids is 1. The average molecular weight is 276 g/mol. The average Bonchev–Trinajstić information content (AvgIpc) is 2.24. The van der Waals surface area contributed by atoms with E-state index in [1.165, 1.54) is 0 Å². The van der Waals surface area contributed by atoms with Crippen molar-refractivity contribution in [2.24, 2.45) is 17.6 Å². The number of nitrogens with one attached hydrogen (secondary N) is 1. The third kappa shape index (κ3) is 9.59. The molecule has 0 aliphatic heterocycles. The number of amides is 1. The maximum absolute atomic E-state index is 11.8. The molecule has 108 valence electrons. The summed E-state index contributed by atoms with van der Waals surface area (Å²) in [6, 6.07) is 0.0823. The van der Waals surface area contributed by atoms with E-state index in [9.17, 15) is 9.00 Å². The Kier molecular flexibility index (Phi) is 9.28. The van der Waals surface area contributed by atoms with Gasteiger partial charge in [-0.3, -0.25) is 9.00 Å². The molecule has 0 saturated carbocycles. The lowest BCUT2D eigenvalue weighted by molar-refractivity contribution is -0.122. The van der Waals surface area contributed by atoms with Crippen LogP contribution in [0.5, 0.6) is 0 Å². The highest BCUT2D eigenvalue weighted by atomic mass is 32.2. The van der Waals surface area contributed by atoms with Gasteiger partial charge in [-0.2, -0.15) is 0 Å². The molecule has 0 aliphatic rings. The molecule has 0 aromatic carbocycles. The van der Waals surface area contributed by atoms with Crippen LogP contribution in [0, 0.1) is 11.8 Å². The molecule has 0 fully saturated rings. The van der Waals surface area contributed by atoms with Crippen LogP contribution < -0.4 is 11.1 Å². The van der Waals surface area contributed by atoms with E-state index >= 15 is 0 Å². The molecule has 0 radical (unpaired) electrons. The Balaban J connectivity index is 3.96. The number of hydrogen-bond donors (Lipinski definition) is 2. The molecule has 0 heterocycles. The van der Waals surface area contributed by atoms with Crippen LogP contribution in [0.1, 0.15) is 40.0 Å². The van der Waals surface area contributed by atoms with Crippen LogP contribution in [0.25, 0.3) is 0 Å². The Hall–Kier alpha value is -0.420. The Morgan fingerprint density at radius 2 is 1.94 bits per heavy atom. The summed E-state index contributed by atoms with van der Waals surface area (Å²) in [7, 11) is -0.792. The molecule has 0 bridgehead atoms. The van der Waals surface area contributed by atoms with Crippen LogP contribution in [0.2, 0.25) is 0 Å². The lowest BCUT2D eigenvalue weighted by Gasteiger charge is -2.19. The van der Waals surface area contributed by atoms with E-state index in [0.29, 0.717) is 24.6 Å². The molecule has 0 saturated heterocycles. The van der Waals surface area contributed by atoms with Gasteiger partial charge >= 0.3 is 0 Å². The first-order valence-corrected chi connectivity index (χ1v) is 8.37. The largest absolute Gasteiger partial charge is 0.354 e. The van der Waals surface area contributed by atoms with Crippen molar-refractivity contribution in [3.63, 3.8) is 0 Å². The van der Waals surface area contributed by atoms with Crippen molar-refractivity contribution < 1.29 is 9.00 Å². The molecule has 4 nitrogen and oxygen atoms in total. The van der Waals surface area contributed by atoms with E-state index in [1.807, 2.05) is 6.92 Å². The van der Waals surface area contributed by atoms with Gasteiger partial charge in [0, 0.05) is 35.3 Å². The summed E-state index contributed by atoms with van der Waals surface area (Å²) in [4.78, 5) is 11.8. The molecule has 0 spiro atoms. The van der Waals surface area contributed by atoms with E-state index in [1.54, 1.807) is 6.26 Å². The first kappa shape index (κ1) is 17.6. The van der Waals surface area contributed by atoms with Gasteiger partial charge in [-0.15, -0.1) is 0 Å². The summed E-state index contributed by atoms with van der Waals surface area (Å²) in [5.74, 6) is 1.51. The van der Waals surface area contributed by atoms with Gasteiger partial charge in [-0.25, -0.2) is 0 Å². The fraction of sp³-hybridized carbons (Fsp3) is 0.923. The first-order valence-electron chi connectivity index (χ1n) is 6.64. The molecule has 3 unspecified atom stereocenters. The summed E-state index contributed by atoms with van der Waals surface area (Å²) in [5, 5.41) is 2.94. The Labute approximate surface area is 114 Å². The minimum atomic E-state index is -0.792. The minimum absolute atomic E-state index is 0.0560. The van der Waals surface area contributed by atoms with Crippen molar-refractivity contribution in [1.29, 1.82) is 0 Å². The highest BCUT2D eigenvalue weighted by molar-refractivity contribution is 7.84. The predicted octanol–water partition coefficient (Wildman–Crippen LogP) is 1.27. The van der Waals surface area contributed by atoms with Crippen LogP contribution in [0.3, 0.4) is 0 Å². The topological polar surface area (TPSA) is 72.2 Å². The van der Waals surface area contributed by atoms with Gasteiger partial charge in [0.1, 0.15) is 0 Å². The van der Waals surface area contributed by atoms with Crippen molar-refractivity contribution in [3.05, 3.63) is 0 Å². The van der Waals surface area contributed by atoms with E-state index < -0.39 is 10.8 Å². The smallest absolute Gasteiger partial charge is 0.220 e. The molecule has 0 rings (SSSR count). The SMILES string of the molecule is CC(C)CC(CN)CC(=O)NC(C)CCS(C)=O. The van der Waals surface area contributed by atoms with Gasteiger partial charge < -0.3 is 11.1 Å². The van der Waals surface area contributed by atoms with Crippen molar-refractivity contribution in [3.8, 4) is 0 Å². The summed E-state index contributed by atoms with van der Waals surface area (Å²) < 4.78 is 11.0. The highest BCUT2D eigenvalue weighted by Gasteiger charge is 2.15. The second kappa shape index (κ2) is 9.50. The van der Waals surface area contributed by atoms with Gasteiger partial charge in [0.15, 0.2) is 0 Å². The molecule has 0 aliphatic carbocycles. The van der Waals surface area contributed by atoms with Crippen molar-refractivity contribution in [2.45, 2.75) is 46.1 Å². The second-order valence-corrected chi connectivity index (χ2v) is 7.02. The van der Waals surface area contributed by atoms with Crippen LogP contribution in [-0.2, 0) is 15.6 Å². The Bertz CT molecular complexity index is 270. The zero-order valence-corrected chi connectivity index (χ0v) is 12.9. The van der Waals surface area contributed by atoms with Gasteiger partial charge in [-0.05, 0) is 38.1 Å². The lowest BCUT2D eigenvalue weighted by atomic mass is 9.94. The molecule has 18 heavy (non-hydrogen) atoms. The van der Waals surface area contributed by atoms with E-state index in [2.05, 4.69) is 19.2 Å². The van der Waals surface area contributed by atoms with Gasteiger partial charge in [0.25, 0.3) is 0 Å². The van der Waals surface area contributed by atoms with Gasteiger partial charge in [0.05, 0.1) is 0 Å². The zero-order valence-electron chi connectivity index (χ0n) is 12.1. The molecule has 0 aromatic heterocycles. The maximum atomic E-state index is 11.8. The fourth-order valence-electron chi connectivity index (χ4n) is 1.94. The zero-order chi connectivity index (χ0) is 14.1. The van der Waals surface area contributed by atoms with Crippen LogP contribution >= 0.6 is 0 Å². The molecular weight excluding hydrogens is 248 g/mol. The number of nitrogens with two attached hydrogens (primary N) is 1. The fourth-order valence-corrected chi connectivity index (χ4v) is 2.63. The summed E-state index contributed by atoms with van der Waals surface area (Å²) in [5.41, 5.74) is 5.68. The quantitative estimate of drug-likeness (QED) is 0.666. The molecule has 3 atom stereocenters. The van der Waals surface area contributed by atoms with E-state index in [4.69, 9.17) is 5.73 Å². The summed E-state index contributed by atoms with van der Waals surface area (Å²) in [6.45, 7) is 6.78. The monoisotopic (exact) mass is 276 g/mol. The van der Waals surface area contributed by atoms with Crippen LogP contribution in [0.4, 0.5) is 0 Å². The third-order valence-electron chi connectivity index (χ3n) is 2.86. The molecule has 3 N–H and O–H groups in total. The van der Waals surface area contributed by atoms with Crippen LogP contribution in [0.15, 0.2) is 0 Å². The van der Waals surface area contributed by atoms with E-state index in [-0.39, 0.29) is 17.9 Å². The van der Waals surface area contributed by atoms with Gasteiger partial charge in [-0.1, -0.05) is 13.8 Å². The van der Waals surface area contributed by atoms with Crippen molar-refractivity contribution in [1.82, 2.24) is 5.32 Å². The number of carbonyl (C=O) groups is 1. The molecule has 0 aromatic rings. The highest BCUT2D eigenvalue weighted by Crippen LogP contribution is 2.14. The van der Waals surface area contributed by atoms with Gasteiger partial charge in [0.2, 0.25) is 5.91 Å². The summed E-state index contributed by atoms with van der Waals surface area (Å²) in [6.07, 6.45) is 3.92. The van der Waals surface area contributed by atoms with E-state index in [0.717, 1.165) is 12.8 Å². The molecule has 5 heteroatoms. The second-order valence-electron chi connectivity index (χ2n) is 5.47.